The molecule has 0 aromatic heterocycles. The highest BCUT2D eigenvalue weighted by Gasteiger charge is 2.10. The average molecular weight is 388 g/mol. The van der Waals surface area contributed by atoms with E-state index in [1.807, 2.05) is 0 Å². The summed E-state index contributed by atoms with van der Waals surface area (Å²) in [6.45, 7) is -0.419. The first kappa shape index (κ1) is 20.9. The third-order valence-electron chi connectivity index (χ3n) is 3.63. The molecule has 0 heterocycles. The third kappa shape index (κ3) is 7.45. The van der Waals surface area contributed by atoms with Crippen molar-refractivity contribution >= 4 is 29.2 Å². The van der Waals surface area contributed by atoms with Crippen LogP contribution in [0, 0.1) is 5.82 Å². The first-order chi connectivity index (χ1) is 13.5. The van der Waals surface area contributed by atoms with Crippen molar-refractivity contribution in [2.45, 2.75) is 19.3 Å². The van der Waals surface area contributed by atoms with Crippen molar-refractivity contribution in [3.05, 3.63) is 54.3 Å². The standard InChI is InChI=1S/C20H21FN2O5/c1-27-17-5-2-4-16(12-17)23-19(25)13-28-20(26)7-3-6-18(24)22-15-10-8-14(21)9-11-15/h2,4-5,8-12H,3,6-7,13H2,1H3,(H,22,24)(H,23,25). The second-order valence-electron chi connectivity index (χ2n) is 5.85. The summed E-state index contributed by atoms with van der Waals surface area (Å²) in [5.74, 6) is -1.15. The molecule has 148 valence electrons. The lowest BCUT2D eigenvalue weighted by Crippen LogP contribution is -2.21. The van der Waals surface area contributed by atoms with E-state index in [9.17, 15) is 18.8 Å². The van der Waals surface area contributed by atoms with Crippen LogP contribution in [0.15, 0.2) is 48.5 Å². The Kier molecular flexibility index (Phi) is 7.95. The zero-order valence-electron chi connectivity index (χ0n) is 15.4. The summed E-state index contributed by atoms with van der Waals surface area (Å²) in [4.78, 5) is 35.3. The van der Waals surface area contributed by atoms with Crippen LogP contribution >= 0.6 is 0 Å². The highest BCUT2D eigenvalue weighted by atomic mass is 19.1. The van der Waals surface area contributed by atoms with E-state index in [1.165, 1.54) is 31.4 Å². The molecular formula is C20H21FN2O5. The lowest BCUT2D eigenvalue weighted by Gasteiger charge is -2.08. The number of methoxy groups -OCH3 is 1. The van der Waals surface area contributed by atoms with E-state index in [-0.39, 0.29) is 25.2 Å². The minimum atomic E-state index is -0.574. The van der Waals surface area contributed by atoms with Crippen molar-refractivity contribution in [1.29, 1.82) is 0 Å². The molecule has 0 fully saturated rings. The number of benzene rings is 2. The molecule has 8 heteroatoms. The van der Waals surface area contributed by atoms with Crippen molar-refractivity contribution in [2.75, 3.05) is 24.4 Å². The van der Waals surface area contributed by atoms with Gasteiger partial charge in [-0.15, -0.1) is 0 Å². The summed E-state index contributed by atoms with van der Waals surface area (Å²) in [5, 5.41) is 5.19. The number of carbonyl (C=O) groups is 3. The molecule has 0 spiro atoms. The van der Waals surface area contributed by atoms with Crippen LogP contribution in [0.4, 0.5) is 15.8 Å². The topological polar surface area (TPSA) is 93.7 Å². The summed E-state index contributed by atoms with van der Waals surface area (Å²) in [7, 11) is 1.52. The minimum absolute atomic E-state index is 0.00325. The normalized spacial score (nSPS) is 10.1. The lowest BCUT2D eigenvalue weighted by molar-refractivity contribution is -0.147. The zero-order valence-corrected chi connectivity index (χ0v) is 15.4. The van der Waals surface area contributed by atoms with E-state index in [0.717, 1.165) is 0 Å². The van der Waals surface area contributed by atoms with Gasteiger partial charge in [0.1, 0.15) is 11.6 Å². The van der Waals surface area contributed by atoms with Crippen LogP contribution < -0.4 is 15.4 Å². The van der Waals surface area contributed by atoms with Crippen LogP contribution in [0.1, 0.15) is 19.3 Å². The van der Waals surface area contributed by atoms with Crippen molar-refractivity contribution in [3.63, 3.8) is 0 Å². The van der Waals surface area contributed by atoms with Gasteiger partial charge in [-0.2, -0.15) is 0 Å². The molecule has 0 aliphatic heterocycles. The van der Waals surface area contributed by atoms with Crippen LogP contribution in [-0.4, -0.2) is 31.5 Å². The summed E-state index contributed by atoms with van der Waals surface area (Å²) in [5.41, 5.74) is 1.00. The van der Waals surface area contributed by atoms with Gasteiger partial charge >= 0.3 is 5.97 Å². The molecule has 0 unspecified atom stereocenters. The highest BCUT2D eigenvalue weighted by Crippen LogP contribution is 2.16. The van der Waals surface area contributed by atoms with Gasteiger partial charge in [-0.25, -0.2) is 4.39 Å². The molecule has 7 nitrogen and oxygen atoms in total. The number of rotatable bonds is 9. The number of anilines is 2. The quantitative estimate of drug-likeness (QED) is 0.644. The summed E-state index contributed by atoms with van der Waals surface area (Å²) < 4.78 is 22.7. The van der Waals surface area contributed by atoms with Crippen molar-refractivity contribution in [3.8, 4) is 5.75 Å². The molecule has 0 aliphatic carbocycles. The maximum absolute atomic E-state index is 12.8. The molecule has 2 amide bonds. The number of amides is 2. The molecule has 0 bridgehead atoms. The van der Waals surface area contributed by atoms with E-state index < -0.39 is 24.3 Å². The Hall–Kier alpha value is -3.42. The van der Waals surface area contributed by atoms with Gasteiger partial charge in [-0.05, 0) is 42.8 Å². The summed E-state index contributed by atoms with van der Waals surface area (Å²) in [6, 6.07) is 12.2. The van der Waals surface area contributed by atoms with Crippen LogP contribution in [-0.2, 0) is 19.1 Å². The summed E-state index contributed by atoms with van der Waals surface area (Å²) >= 11 is 0. The Balaban J connectivity index is 1.63. The number of hydrogen-bond acceptors (Lipinski definition) is 5. The average Bonchev–Trinajstić information content (AvgIpc) is 2.68. The molecule has 0 saturated heterocycles. The second-order valence-corrected chi connectivity index (χ2v) is 5.85. The number of esters is 1. The van der Waals surface area contributed by atoms with Gasteiger partial charge in [0.05, 0.1) is 7.11 Å². The van der Waals surface area contributed by atoms with Crippen LogP contribution in [0.25, 0.3) is 0 Å². The first-order valence-electron chi connectivity index (χ1n) is 8.61. The largest absolute Gasteiger partial charge is 0.497 e. The second kappa shape index (κ2) is 10.7. The SMILES string of the molecule is COc1cccc(NC(=O)COC(=O)CCCC(=O)Nc2ccc(F)cc2)c1. The molecule has 0 saturated carbocycles. The number of ether oxygens (including phenoxy) is 2. The number of hydrogen-bond donors (Lipinski definition) is 2. The highest BCUT2D eigenvalue weighted by molar-refractivity contribution is 5.93. The van der Waals surface area contributed by atoms with Crippen LogP contribution in [0.2, 0.25) is 0 Å². The molecule has 2 aromatic rings. The number of nitrogens with one attached hydrogen (secondary N) is 2. The van der Waals surface area contributed by atoms with E-state index in [4.69, 9.17) is 9.47 Å². The van der Waals surface area contributed by atoms with Crippen LogP contribution in [0.5, 0.6) is 5.75 Å². The van der Waals surface area contributed by atoms with Crippen molar-refractivity contribution in [2.24, 2.45) is 0 Å². The minimum Gasteiger partial charge on any atom is -0.497 e. The fourth-order valence-electron chi connectivity index (χ4n) is 2.27. The van der Waals surface area contributed by atoms with Crippen LogP contribution in [0.3, 0.4) is 0 Å². The van der Waals surface area contributed by atoms with E-state index in [2.05, 4.69) is 10.6 Å². The van der Waals surface area contributed by atoms with E-state index >= 15 is 0 Å². The Morgan fingerprint density at radius 2 is 1.64 bits per heavy atom. The van der Waals surface area contributed by atoms with Gasteiger partial charge in [-0.1, -0.05) is 6.07 Å². The van der Waals surface area contributed by atoms with Crippen molar-refractivity contribution in [1.82, 2.24) is 0 Å². The molecule has 0 aliphatic rings. The van der Waals surface area contributed by atoms with Gasteiger partial charge in [0.2, 0.25) is 5.91 Å². The van der Waals surface area contributed by atoms with Gasteiger partial charge in [0.15, 0.2) is 6.61 Å². The Bertz CT molecular complexity index is 824. The fourth-order valence-corrected chi connectivity index (χ4v) is 2.27. The molecule has 2 aromatic carbocycles. The monoisotopic (exact) mass is 388 g/mol. The number of carbonyl (C=O) groups excluding carboxylic acids is 3. The maximum atomic E-state index is 12.8. The molecule has 2 N–H and O–H groups in total. The maximum Gasteiger partial charge on any atom is 0.306 e. The Labute approximate surface area is 161 Å². The van der Waals surface area contributed by atoms with Gasteiger partial charge in [0, 0.05) is 30.3 Å². The Morgan fingerprint density at radius 1 is 0.929 bits per heavy atom. The van der Waals surface area contributed by atoms with E-state index in [0.29, 0.717) is 17.1 Å². The number of halogens is 1. The molecule has 28 heavy (non-hydrogen) atoms. The van der Waals surface area contributed by atoms with E-state index in [1.54, 1.807) is 24.3 Å². The smallest absolute Gasteiger partial charge is 0.306 e. The zero-order chi connectivity index (χ0) is 20.4. The lowest BCUT2D eigenvalue weighted by atomic mass is 10.2. The molecule has 0 atom stereocenters. The predicted molar refractivity (Wildman–Crippen MR) is 101 cm³/mol. The predicted octanol–water partition coefficient (Wildman–Crippen LogP) is 3.13. The third-order valence-corrected chi connectivity index (χ3v) is 3.63. The molecule has 0 radical (unpaired) electrons. The molecule has 2 rings (SSSR count). The Morgan fingerprint density at radius 3 is 2.36 bits per heavy atom. The van der Waals surface area contributed by atoms with Crippen molar-refractivity contribution < 1.29 is 28.2 Å². The van der Waals surface area contributed by atoms with Gasteiger partial charge in [0.25, 0.3) is 5.91 Å². The fraction of sp³-hybridized carbons (Fsp3) is 0.250. The molecular weight excluding hydrogens is 367 g/mol. The van der Waals surface area contributed by atoms with Gasteiger partial charge in [-0.3, -0.25) is 14.4 Å². The first-order valence-corrected chi connectivity index (χ1v) is 8.61. The summed E-state index contributed by atoms with van der Waals surface area (Å²) in [6.07, 6.45) is 0.370. The van der Waals surface area contributed by atoms with Gasteiger partial charge < -0.3 is 20.1 Å².